The molecule has 3 heterocycles. The van der Waals surface area contributed by atoms with Gasteiger partial charge in [0.15, 0.2) is 5.82 Å². The van der Waals surface area contributed by atoms with Crippen LogP contribution in [0.4, 0.5) is 17.6 Å². The Balaban J connectivity index is 1.37. The minimum Gasteiger partial charge on any atom is -0.329 e. The van der Waals surface area contributed by atoms with Crippen molar-refractivity contribution in [3.05, 3.63) is 82.2 Å². The first kappa shape index (κ1) is 22.0. The molecule has 2 amide bonds. The normalized spacial score (nSPS) is 17.7. The van der Waals surface area contributed by atoms with Crippen molar-refractivity contribution < 1.29 is 27.2 Å². The van der Waals surface area contributed by atoms with Gasteiger partial charge in [-0.2, -0.15) is 13.2 Å². The number of carbonyl (C=O) groups is 2. The molecule has 0 radical (unpaired) electrons. The van der Waals surface area contributed by atoms with Crippen LogP contribution in [0.1, 0.15) is 49.5 Å². The smallest absolute Gasteiger partial charge is 0.329 e. The highest BCUT2D eigenvalue weighted by Gasteiger charge is 2.40. The molecule has 0 spiro atoms. The minimum atomic E-state index is -4.65. The SMILES string of the molecule is O=C1NNC(Cc2ccc(F)c(C(=O)N3CCn4c(nnc4C(F)(F)F)C3)c2)c2ccccc21. The molecule has 2 N–H and O–H groups in total. The van der Waals surface area contributed by atoms with Crippen molar-refractivity contribution in [2.45, 2.75) is 31.7 Å². The Labute approximate surface area is 190 Å². The maximum atomic E-state index is 14.6. The zero-order chi connectivity index (χ0) is 24.0. The van der Waals surface area contributed by atoms with E-state index in [-0.39, 0.29) is 43.0 Å². The van der Waals surface area contributed by atoms with Gasteiger partial charge in [0.1, 0.15) is 5.82 Å². The largest absolute Gasteiger partial charge is 0.451 e. The number of aromatic nitrogens is 3. The van der Waals surface area contributed by atoms with Gasteiger partial charge in [-0.15, -0.1) is 10.2 Å². The molecule has 5 rings (SSSR count). The van der Waals surface area contributed by atoms with Gasteiger partial charge >= 0.3 is 6.18 Å². The summed E-state index contributed by atoms with van der Waals surface area (Å²) in [7, 11) is 0. The first-order valence-electron chi connectivity index (χ1n) is 10.4. The second-order valence-electron chi connectivity index (χ2n) is 8.07. The molecule has 0 saturated heterocycles. The van der Waals surface area contributed by atoms with E-state index in [9.17, 15) is 27.2 Å². The van der Waals surface area contributed by atoms with Crippen LogP contribution in [0.5, 0.6) is 0 Å². The Kier molecular flexibility index (Phi) is 5.31. The molecule has 0 saturated carbocycles. The maximum absolute atomic E-state index is 14.6. The van der Waals surface area contributed by atoms with E-state index >= 15 is 0 Å². The van der Waals surface area contributed by atoms with Crippen LogP contribution in [0.3, 0.4) is 0 Å². The van der Waals surface area contributed by atoms with Crippen molar-refractivity contribution in [2.75, 3.05) is 6.54 Å². The van der Waals surface area contributed by atoms with Gasteiger partial charge in [0.2, 0.25) is 5.82 Å². The molecule has 2 aliphatic heterocycles. The van der Waals surface area contributed by atoms with Gasteiger partial charge < -0.3 is 9.47 Å². The van der Waals surface area contributed by atoms with E-state index in [2.05, 4.69) is 21.0 Å². The highest BCUT2D eigenvalue weighted by Crippen LogP contribution is 2.30. The lowest BCUT2D eigenvalue weighted by Gasteiger charge is -2.29. The number of carbonyl (C=O) groups excluding carboxylic acids is 2. The molecule has 12 heteroatoms. The lowest BCUT2D eigenvalue weighted by molar-refractivity contribution is -0.147. The van der Waals surface area contributed by atoms with Crippen LogP contribution in [0.25, 0.3) is 0 Å². The molecule has 34 heavy (non-hydrogen) atoms. The van der Waals surface area contributed by atoms with Crippen LogP contribution in [0.15, 0.2) is 42.5 Å². The van der Waals surface area contributed by atoms with Gasteiger partial charge in [0, 0.05) is 18.7 Å². The number of rotatable bonds is 3. The molecule has 0 fully saturated rings. The summed E-state index contributed by atoms with van der Waals surface area (Å²) in [6, 6.07) is 11.0. The Hall–Kier alpha value is -3.80. The van der Waals surface area contributed by atoms with Gasteiger partial charge in [0.05, 0.1) is 18.2 Å². The number of alkyl halides is 3. The summed E-state index contributed by atoms with van der Waals surface area (Å²) in [6.07, 6.45) is -4.29. The molecular formula is C22H18F4N6O2. The van der Waals surface area contributed by atoms with Gasteiger partial charge in [-0.25, -0.2) is 9.82 Å². The number of benzene rings is 2. The number of hydrogen-bond donors (Lipinski definition) is 2. The number of fused-ring (bicyclic) bond motifs is 2. The van der Waals surface area contributed by atoms with Gasteiger partial charge in [-0.1, -0.05) is 24.3 Å². The number of halogens is 4. The predicted molar refractivity (Wildman–Crippen MR) is 110 cm³/mol. The number of nitrogens with one attached hydrogen (secondary N) is 2. The van der Waals surface area contributed by atoms with E-state index in [1.165, 1.54) is 17.0 Å². The topological polar surface area (TPSA) is 92.2 Å². The zero-order valence-corrected chi connectivity index (χ0v) is 17.6. The van der Waals surface area contributed by atoms with Crippen LogP contribution >= 0.6 is 0 Å². The lowest BCUT2D eigenvalue weighted by Crippen LogP contribution is -2.46. The summed E-state index contributed by atoms with van der Waals surface area (Å²) in [6.45, 7) is -0.401. The molecule has 1 unspecified atom stereocenters. The molecule has 2 aromatic carbocycles. The van der Waals surface area contributed by atoms with Crippen molar-refractivity contribution in [3.63, 3.8) is 0 Å². The van der Waals surface area contributed by atoms with Crippen molar-refractivity contribution >= 4 is 11.8 Å². The Morgan fingerprint density at radius 3 is 2.71 bits per heavy atom. The molecule has 3 aromatic rings. The van der Waals surface area contributed by atoms with Gasteiger partial charge in [-0.3, -0.25) is 15.0 Å². The Bertz CT molecular complexity index is 1290. The summed E-state index contributed by atoms with van der Waals surface area (Å²) >= 11 is 0. The van der Waals surface area contributed by atoms with E-state index < -0.39 is 23.7 Å². The van der Waals surface area contributed by atoms with Gasteiger partial charge in [-0.05, 0) is 35.7 Å². The summed E-state index contributed by atoms with van der Waals surface area (Å²) < 4.78 is 54.7. The number of amides is 2. The van der Waals surface area contributed by atoms with Crippen LogP contribution in [0.2, 0.25) is 0 Å². The number of hydrogen-bond acceptors (Lipinski definition) is 5. The van der Waals surface area contributed by atoms with Crippen LogP contribution in [-0.4, -0.2) is 38.0 Å². The highest BCUT2D eigenvalue weighted by molar-refractivity contribution is 5.96. The lowest BCUT2D eigenvalue weighted by atomic mass is 9.93. The van der Waals surface area contributed by atoms with Crippen LogP contribution < -0.4 is 10.9 Å². The summed E-state index contributed by atoms with van der Waals surface area (Å²) in [5.74, 6) is -2.76. The summed E-state index contributed by atoms with van der Waals surface area (Å²) in [5.41, 5.74) is 7.29. The molecule has 176 valence electrons. The Morgan fingerprint density at radius 1 is 1.12 bits per heavy atom. The third kappa shape index (κ3) is 3.89. The zero-order valence-electron chi connectivity index (χ0n) is 17.6. The molecule has 1 aromatic heterocycles. The van der Waals surface area contributed by atoms with E-state index in [0.29, 0.717) is 17.5 Å². The van der Waals surface area contributed by atoms with E-state index in [4.69, 9.17) is 0 Å². The highest BCUT2D eigenvalue weighted by atomic mass is 19.4. The maximum Gasteiger partial charge on any atom is 0.451 e. The number of nitrogens with zero attached hydrogens (tertiary/aromatic N) is 4. The fourth-order valence-electron chi connectivity index (χ4n) is 4.28. The van der Waals surface area contributed by atoms with Crippen molar-refractivity contribution in [1.82, 2.24) is 30.5 Å². The minimum absolute atomic E-state index is 0.0118. The first-order valence-corrected chi connectivity index (χ1v) is 10.4. The monoisotopic (exact) mass is 474 g/mol. The molecule has 0 bridgehead atoms. The quantitative estimate of drug-likeness (QED) is 0.570. The standard InChI is InChI=1S/C22H18F4N6O2/c23-16-6-5-12(10-17-13-3-1-2-4-14(13)19(33)29-27-17)9-15(16)20(34)31-7-8-32-18(11-31)28-30-21(32)22(24,25)26/h1-6,9,17,27H,7-8,10-11H2,(H,29,33). The average molecular weight is 474 g/mol. The summed E-state index contributed by atoms with van der Waals surface area (Å²) in [4.78, 5) is 26.3. The van der Waals surface area contributed by atoms with Crippen LogP contribution in [0, 0.1) is 5.82 Å². The van der Waals surface area contributed by atoms with Gasteiger partial charge in [0.25, 0.3) is 11.8 Å². The third-order valence-corrected chi connectivity index (χ3v) is 5.94. The molecule has 2 aliphatic rings. The van der Waals surface area contributed by atoms with Crippen LogP contribution in [-0.2, 0) is 25.7 Å². The fourth-order valence-corrected chi connectivity index (χ4v) is 4.28. The van der Waals surface area contributed by atoms with Crippen molar-refractivity contribution in [3.8, 4) is 0 Å². The van der Waals surface area contributed by atoms with E-state index in [1.54, 1.807) is 18.2 Å². The molecule has 8 nitrogen and oxygen atoms in total. The third-order valence-electron chi connectivity index (χ3n) is 5.94. The Morgan fingerprint density at radius 2 is 1.91 bits per heavy atom. The second-order valence-corrected chi connectivity index (χ2v) is 8.07. The first-order chi connectivity index (χ1) is 16.2. The predicted octanol–water partition coefficient (Wildman–Crippen LogP) is 2.62. The second kappa shape index (κ2) is 8.20. The molecular weight excluding hydrogens is 456 g/mol. The average Bonchev–Trinajstić information content (AvgIpc) is 3.26. The number of hydrazine groups is 1. The molecule has 1 atom stereocenters. The fraction of sp³-hybridized carbons (Fsp3) is 0.273. The summed E-state index contributed by atoms with van der Waals surface area (Å²) in [5, 5.41) is 6.75. The van der Waals surface area contributed by atoms with E-state index in [1.807, 2.05) is 12.1 Å². The van der Waals surface area contributed by atoms with E-state index in [0.717, 1.165) is 10.1 Å². The van der Waals surface area contributed by atoms with Crippen molar-refractivity contribution in [1.29, 1.82) is 0 Å². The van der Waals surface area contributed by atoms with Crippen molar-refractivity contribution in [2.24, 2.45) is 0 Å². The molecule has 0 aliphatic carbocycles.